The summed E-state index contributed by atoms with van der Waals surface area (Å²) in [6, 6.07) is 10.1. The van der Waals surface area contributed by atoms with Crippen LogP contribution < -0.4 is 5.32 Å². The van der Waals surface area contributed by atoms with Crippen LogP contribution in [0.2, 0.25) is 0 Å². The molecule has 3 rings (SSSR count). The first-order valence-corrected chi connectivity index (χ1v) is 7.01. The van der Waals surface area contributed by atoms with Crippen molar-refractivity contribution < 1.29 is 0 Å². The average Bonchev–Trinajstić information content (AvgIpc) is 2.93. The fraction of sp³-hybridized carbons (Fsp3) is 0.214. The molecular formula is C14H14N4S. The van der Waals surface area contributed by atoms with Gasteiger partial charge in [0.2, 0.25) is 0 Å². The summed E-state index contributed by atoms with van der Waals surface area (Å²) in [6.45, 7) is 0.922. The average molecular weight is 270 g/mol. The van der Waals surface area contributed by atoms with E-state index in [1.54, 1.807) is 11.3 Å². The second kappa shape index (κ2) is 5.42. The summed E-state index contributed by atoms with van der Waals surface area (Å²) < 4.78 is 0. The third-order valence-electron chi connectivity index (χ3n) is 2.94. The molecule has 0 saturated heterocycles. The van der Waals surface area contributed by atoms with E-state index in [1.807, 2.05) is 37.5 Å². The first kappa shape index (κ1) is 12.2. The molecule has 0 amide bonds. The van der Waals surface area contributed by atoms with Crippen LogP contribution in [0.5, 0.6) is 0 Å². The van der Waals surface area contributed by atoms with E-state index in [2.05, 4.69) is 26.6 Å². The van der Waals surface area contributed by atoms with E-state index in [9.17, 15) is 0 Å². The molecule has 0 spiro atoms. The van der Waals surface area contributed by atoms with Crippen LogP contribution in [0.25, 0.3) is 21.5 Å². The molecule has 5 heteroatoms. The number of fused-ring (bicyclic) bond motifs is 1. The molecule has 0 aliphatic carbocycles. The summed E-state index contributed by atoms with van der Waals surface area (Å²) in [6.07, 6.45) is 2.74. The molecule has 2 heterocycles. The van der Waals surface area contributed by atoms with Crippen molar-refractivity contribution in [1.29, 1.82) is 0 Å². The SMILES string of the molecule is CNCCc1nnc(-c2ccnc3ccccc23)s1. The lowest BCUT2D eigenvalue weighted by Gasteiger charge is -2.01. The molecule has 0 fully saturated rings. The lowest BCUT2D eigenvalue weighted by Crippen LogP contribution is -2.09. The number of nitrogens with zero attached hydrogens (tertiary/aromatic N) is 3. The molecule has 3 aromatic rings. The number of hydrogen-bond acceptors (Lipinski definition) is 5. The monoisotopic (exact) mass is 270 g/mol. The Labute approximate surface area is 115 Å². The number of rotatable bonds is 4. The highest BCUT2D eigenvalue weighted by Gasteiger charge is 2.09. The molecule has 0 aliphatic rings. The van der Waals surface area contributed by atoms with Crippen molar-refractivity contribution in [3.05, 3.63) is 41.5 Å². The molecule has 19 heavy (non-hydrogen) atoms. The minimum Gasteiger partial charge on any atom is -0.319 e. The van der Waals surface area contributed by atoms with Crippen molar-refractivity contribution in [3.63, 3.8) is 0 Å². The maximum absolute atomic E-state index is 4.37. The summed E-state index contributed by atoms with van der Waals surface area (Å²) >= 11 is 1.65. The van der Waals surface area contributed by atoms with E-state index >= 15 is 0 Å². The van der Waals surface area contributed by atoms with Gasteiger partial charge in [-0.15, -0.1) is 10.2 Å². The fourth-order valence-corrected chi connectivity index (χ4v) is 2.86. The van der Waals surface area contributed by atoms with Crippen LogP contribution in [-0.4, -0.2) is 28.8 Å². The van der Waals surface area contributed by atoms with Crippen molar-refractivity contribution in [2.45, 2.75) is 6.42 Å². The first-order chi connectivity index (χ1) is 9.38. The fourth-order valence-electron chi connectivity index (χ4n) is 1.98. The van der Waals surface area contributed by atoms with E-state index in [0.717, 1.165) is 39.4 Å². The third-order valence-corrected chi connectivity index (χ3v) is 3.95. The second-order valence-corrected chi connectivity index (χ2v) is 5.29. The summed E-state index contributed by atoms with van der Waals surface area (Å²) in [5.74, 6) is 0. The largest absolute Gasteiger partial charge is 0.319 e. The Bertz CT molecular complexity index is 687. The standard InChI is InChI=1S/C14H14N4S/c1-15-8-7-13-17-18-14(19-13)11-6-9-16-12-5-3-2-4-10(11)12/h2-6,9,15H,7-8H2,1H3. The van der Waals surface area contributed by atoms with E-state index in [0.29, 0.717) is 0 Å². The molecule has 0 radical (unpaired) electrons. The highest BCUT2D eigenvalue weighted by Crippen LogP contribution is 2.29. The molecule has 2 aromatic heterocycles. The molecule has 1 N–H and O–H groups in total. The summed E-state index contributed by atoms with van der Waals surface area (Å²) in [5.41, 5.74) is 2.10. The van der Waals surface area contributed by atoms with Crippen molar-refractivity contribution in [3.8, 4) is 10.6 Å². The van der Waals surface area contributed by atoms with Crippen LogP contribution in [0.3, 0.4) is 0 Å². The smallest absolute Gasteiger partial charge is 0.148 e. The summed E-state index contributed by atoms with van der Waals surface area (Å²) in [5, 5.41) is 14.8. The predicted molar refractivity (Wildman–Crippen MR) is 78.3 cm³/mol. The zero-order valence-electron chi connectivity index (χ0n) is 10.6. The van der Waals surface area contributed by atoms with Gasteiger partial charge in [-0.05, 0) is 19.2 Å². The molecule has 0 unspecified atom stereocenters. The number of pyridine rings is 1. The zero-order valence-corrected chi connectivity index (χ0v) is 11.4. The van der Waals surface area contributed by atoms with Crippen molar-refractivity contribution in [2.24, 2.45) is 0 Å². The Morgan fingerprint density at radius 2 is 2.05 bits per heavy atom. The molecule has 0 aliphatic heterocycles. The second-order valence-electron chi connectivity index (χ2n) is 4.23. The van der Waals surface area contributed by atoms with Gasteiger partial charge in [0, 0.05) is 30.1 Å². The Kier molecular flexibility index (Phi) is 3.48. The van der Waals surface area contributed by atoms with Crippen LogP contribution in [-0.2, 0) is 6.42 Å². The third kappa shape index (κ3) is 2.47. The van der Waals surface area contributed by atoms with Crippen LogP contribution in [0, 0.1) is 0 Å². The molecule has 0 bridgehead atoms. The van der Waals surface area contributed by atoms with E-state index in [4.69, 9.17) is 0 Å². The van der Waals surface area contributed by atoms with E-state index in [-0.39, 0.29) is 0 Å². The van der Waals surface area contributed by atoms with Gasteiger partial charge in [0.15, 0.2) is 0 Å². The molecule has 1 aromatic carbocycles. The van der Waals surface area contributed by atoms with Crippen LogP contribution in [0.1, 0.15) is 5.01 Å². The highest BCUT2D eigenvalue weighted by molar-refractivity contribution is 7.14. The van der Waals surface area contributed by atoms with E-state index < -0.39 is 0 Å². The first-order valence-electron chi connectivity index (χ1n) is 6.19. The minimum absolute atomic E-state index is 0.914. The van der Waals surface area contributed by atoms with Crippen molar-refractivity contribution in [1.82, 2.24) is 20.5 Å². The molecular weight excluding hydrogens is 256 g/mol. The number of benzene rings is 1. The Balaban J connectivity index is 2.02. The quantitative estimate of drug-likeness (QED) is 0.791. The van der Waals surface area contributed by atoms with Gasteiger partial charge in [-0.1, -0.05) is 29.5 Å². The van der Waals surface area contributed by atoms with Gasteiger partial charge in [-0.2, -0.15) is 0 Å². The number of para-hydroxylation sites is 1. The van der Waals surface area contributed by atoms with Gasteiger partial charge in [0.1, 0.15) is 10.0 Å². The predicted octanol–water partition coefficient (Wildman–Crippen LogP) is 2.52. The zero-order chi connectivity index (χ0) is 13.1. The van der Waals surface area contributed by atoms with Crippen molar-refractivity contribution >= 4 is 22.2 Å². The van der Waals surface area contributed by atoms with Gasteiger partial charge in [0.05, 0.1) is 5.52 Å². The normalized spacial score (nSPS) is 11.0. The summed E-state index contributed by atoms with van der Waals surface area (Å²) in [7, 11) is 1.94. The van der Waals surface area contributed by atoms with Crippen LogP contribution >= 0.6 is 11.3 Å². The topological polar surface area (TPSA) is 50.7 Å². The number of nitrogens with one attached hydrogen (secondary N) is 1. The van der Waals surface area contributed by atoms with Crippen LogP contribution in [0.4, 0.5) is 0 Å². The Morgan fingerprint density at radius 3 is 2.95 bits per heavy atom. The Hall–Kier alpha value is -1.85. The van der Waals surface area contributed by atoms with Gasteiger partial charge < -0.3 is 5.32 Å². The van der Waals surface area contributed by atoms with Gasteiger partial charge in [-0.25, -0.2) is 0 Å². The molecule has 4 nitrogen and oxygen atoms in total. The van der Waals surface area contributed by atoms with Gasteiger partial charge in [-0.3, -0.25) is 4.98 Å². The van der Waals surface area contributed by atoms with Crippen LogP contribution in [0.15, 0.2) is 36.5 Å². The van der Waals surface area contributed by atoms with Gasteiger partial charge >= 0.3 is 0 Å². The molecule has 96 valence electrons. The number of hydrogen-bond donors (Lipinski definition) is 1. The lowest BCUT2D eigenvalue weighted by molar-refractivity contribution is 0.779. The van der Waals surface area contributed by atoms with Gasteiger partial charge in [0.25, 0.3) is 0 Å². The minimum atomic E-state index is 0.914. The maximum Gasteiger partial charge on any atom is 0.148 e. The molecule has 0 saturated carbocycles. The maximum atomic E-state index is 4.37. The highest BCUT2D eigenvalue weighted by atomic mass is 32.1. The Morgan fingerprint density at radius 1 is 1.16 bits per heavy atom. The van der Waals surface area contributed by atoms with Crippen molar-refractivity contribution in [2.75, 3.05) is 13.6 Å². The van der Waals surface area contributed by atoms with E-state index in [1.165, 1.54) is 0 Å². The number of likely N-dealkylation sites (N-methyl/N-ethyl adjacent to an activating group) is 1. The lowest BCUT2D eigenvalue weighted by atomic mass is 10.1. The molecule has 0 atom stereocenters. The number of aromatic nitrogens is 3. The summed E-state index contributed by atoms with van der Waals surface area (Å²) in [4.78, 5) is 4.37.